The minimum absolute atomic E-state index is 0.263. The highest BCUT2D eigenvalue weighted by Crippen LogP contribution is 2.30. The first-order valence-corrected chi connectivity index (χ1v) is 10.1. The molecule has 28 heavy (non-hydrogen) atoms. The maximum atomic E-state index is 12.9. The van der Waals surface area contributed by atoms with Crippen LogP contribution in [0.2, 0.25) is 0 Å². The average Bonchev–Trinajstić information content (AvgIpc) is 3.08. The van der Waals surface area contributed by atoms with Crippen LogP contribution in [0.25, 0.3) is 0 Å². The molecule has 2 aliphatic rings. The van der Waals surface area contributed by atoms with Crippen molar-refractivity contribution in [3.05, 3.63) is 36.3 Å². The molecule has 0 fully saturated rings. The second kappa shape index (κ2) is 9.79. The lowest BCUT2D eigenvalue weighted by Gasteiger charge is -2.29. The first-order chi connectivity index (χ1) is 13.3. The molecule has 0 aromatic carbocycles. The van der Waals surface area contributed by atoms with Crippen LogP contribution in [-0.4, -0.2) is 57.2 Å². The van der Waals surface area contributed by atoms with Gasteiger partial charge in [0.1, 0.15) is 34.4 Å². The lowest BCUT2D eigenvalue weighted by Crippen LogP contribution is -2.49. The van der Waals surface area contributed by atoms with Crippen LogP contribution in [0.1, 0.15) is 33.6 Å². The van der Waals surface area contributed by atoms with E-state index in [2.05, 4.69) is 22.0 Å². The summed E-state index contributed by atoms with van der Waals surface area (Å²) >= 11 is 1.37. The Morgan fingerprint density at radius 3 is 3.07 bits per heavy atom. The zero-order valence-electron chi connectivity index (χ0n) is 16.3. The fraction of sp³-hybridized carbons (Fsp3) is 0.526. The summed E-state index contributed by atoms with van der Waals surface area (Å²) in [4.78, 5) is 17.4. The Morgan fingerprint density at radius 2 is 2.43 bits per heavy atom. The molecule has 3 atom stereocenters. The van der Waals surface area contributed by atoms with Crippen molar-refractivity contribution in [3.8, 4) is 0 Å². The lowest BCUT2D eigenvalue weighted by atomic mass is 10.0. The molecule has 3 N–H and O–H groups in total. The molecule has 2 rings (SSSR count). The first kappa shape index (κ1) is 22.0. The van der Waals surface area contributed by atoms with Gasteiger partial charge in [0.2, 0.25) is 12.2 Å². The number of ether oxygens (including phenoxy) is 2. The first-order valence-electron chi connectivity index (χ1n) is 9.07. The molecule has 0 saturated heterocycles. The number of carbonyl (C=O) groups is 1. The molecule has 2 heterocycles. The van der Waals surface area contributed by atoms with Gasteiger partial charge in [0.05, 0.1) is 6.04 Å². The van der Waals surface area contributed by atoms with Crippen LogP contribution in [-0.2, 0) is 14.3 Å². The fourth-order valence-electron chi connectivity index (χ4n) is 2.69. The third-order valence-corrected chi connectivity index (χ3v) is 5.60. The Balaban J connectivity index is 2.17. The molecule has 0 saturated carbocycles. The van der Waals surface area contributed by atoms with Gasteiger partial charge in [0.25, 0.3) is 0 Å². The number of aliphatic imine (C=N–C) groups is 1. The summed E-state index contributed by atoms with van der Waals surface area (Å²) in [5, 5.41) is 25.6. The van der Waals surface area contributed by atoms with Crippen LogP contribution in [0.3, 0.4) is 0 Å². The summed E-state index contributed by atoms with van der Waals surface area (Å²) in [6, 6.07) is -0.433. The third kappa shape index (κ3) is 5.39. The number of rotatable bonds is 9. The second-order valence-corrected chi connectivity index (χ2v) is 7.67. The third-order valence-electron chi connectivity index (χ3n) is 4.23. The molecule has 0 bridgehead atoms. The molecule has 0 radical (unpaired) electrons. The number of carbonyl (C=O) groups excluding carboxylic acids is 1. The van der Waals surface area contributed by atoms with E-state index in [-0.39, 0.29) is 5.91 Å². The van der Waals surface area contributed by atoms with Crippen molar-refractivity contribution in [2.45, 2.75) is 51.5 Å². The zero-order valence-corrected chi connectivity index (χ0v) is 17.2. The predicted octanol–water partition coefficient (Wildman–Crippen LogP) is 2.34. The van der Waals surface area contributed by atoms with E-state index < -0.39 is 17.9 Å². The number of hydrogen-bond donors (Lipinski definition) is 3. The Hall–Kier alpha value is -2.26. The molecular formula is C19H27N3O5S. The van der Waals surface area contributed by atoms with E-state index in [1.165, 1.54) is 17.8 Å². The summed E-state index contributed by atoms with van der Waals surface area (Å²) in [5.41, 5.74) is -0.605. The topological polar surface area (TPSA) is 113 Å². The van der Waals surface area contributed by atoms with Crippen molar-refractivity contribution in [2.75, 3.05) is 12.4 Å². The molecule has 1 amide bonds. The second-order valence-electron chi connectivity index (χ2n) is 6.70. The van der Waals surface area contributed by atoms with E-state index in [1.807, 2.05) is 6.92 Å². The SMILES string of the molecule is C=CCOC1=CC(O)OC([C@@H](CCC)NC(=O)C2(C)CSC(/C(C)=N\O)=N2)=C1. The molecule has 0 aromatic rings. The number of oxime groups is 1. The summed E-state index contributed by atoms with van der Waals surface area (Å²) in [7, 11) is 0. The van der Waals surface area contributed by atoms with Crippen molar-refractivity contribution in [1.82, 2.24) is 5.32 Å². The number of nitrogens with one attached hydrogen (secondary N) is 1. The highest BCUT2D eigenvalue weighted by Gasteiger charge is 2.40. The molecule has 154 valence electrons. The van der Waals surface area contributed by atoms with Crippen LogP contribution >= 0.6 is 11.8 Å². The predicted molar refractivity (Wildman–Crippen MR) is 109 cm³/mol. The summed E-state index contributed by atoms with van der Waals surface area (Å²) in [6.45, 7) is 9.26. The largest absolute Gasteiger partial charge is 0.490 e. The maximum Gasteiger partial charge on any atom is 0.249 e. The number of aliphatic hydroxyl groups excluding tert-OH is 1. The number of hydrogen-bond acceptors (Lipinski definition) is 8. The van der Waals surface area contributed by atoms with E-state index >= 15 is 0 Å². The van der Waals surface area contributed by atoms with E-state index in [0.29, 0.717) is 41.1 Å². The van der Waals surface area contributed by atoms with Gasteiger partial charge < -0.3 is 25.1 Å². The monoisotopic (exact) mass is 409 g/mol. The maximum absolute atomic E-state index is 12.9. The molecule has 0 aromatic heterocycles. The van der Waals surface area contributed by atoms with Crippen molar-refractivity contribution in [1.29, 1.82) is 0 Å². The van der Waals surface area contributed by atoms with Crippen LogP contribution in [0.5, 0.6) is 0 Å². The number of nitrogens with zero attached hydrogens (tertiary/aromatic N) is 2. The quantitative estimate of drug-likeness (QED) is 0.233. The normalized spacial score (nSPS) is 25.8. The lowest BCUT2D eigenvalue weighted by molar-refractivity contribution is -0.126. The van der Waals surface area contributed by atoms with E-state index in [9.17, 15) is 9.90 Å². The van der Waals surface area contributed by atoms with Crippen molar-refractivity contribution in [2.24, 2.45) is 10.1 Å². The summed E-state index contributed by atoms with van der Waals surface area (Å²) in [5.74, 6) is 1.06. The van der Waals surface area contributed by atoms with E-state index in [0.717, 1.165) is 6.42 Å². The van der Waals surface area contributed by atoms with Crippen molar-refractivity contribution >= 4 is 28.4 Å². The van der Waals surface area contributed by atoms with Crippen LogP contribution in [0.4, 0.5) is 0 Å². The minimum atomic E-state index is -1.15. The van der Waals surface area contributed by atoms with Gasteiger partial charge >= 0.3 is 0 Å². The summed E-state index contributed by atoms with van der Waals surface area (Å²) in [6.07, 6.45) is 4.98. The zero-order chi connectivity index (χ0) is 20.7. The Bertz CT molecular complexity index is 731. The Morgan fingerprint density at radius 1 is 1.68 bits per heavy atom. The van der Waals surface area contributed by atoms with Crippen molar-refractivity contribution < 1.29 is 24.6 Å². The Labute approximate surface area is 169 Å². The van der Waals surface area contributed by atoms with Gasteiger partial charge in [-0.05, 0) is 20.3 Å². The van der Waals surface area contributed by atoms with Gasteiger partial charge in [-0.3, -0.25) is 9.79 Å². The standard InChI is InChI=1S/C19H27N3O5S/c1-5-7-14(15-9-13(26-8-6-2)10-16(23)27-15)20-18(24)19(4)11-28-17(21-19)12(3)22-25/h6,9-10,14,16,23,25H,2,5,7-8,11H2,1,3-4H3,(H,20,24)/b22-12-/t14-,16?,19?/m1/s1. The van der Waals surface area contributed by atoms with Gasteiger partial charge in [-0.1, -0.05) is 31.2 Å². The van der Waals surface area contributed by atoms with Gasteiger partial charge in [0.15, 0.2) is 0 Å². The number of allylic oxidation sites excluding steroid dienone is 1. The average molecular weight is 410 g/mol. The van der Waals surface area contributed by atoms with Gasteiger partial charge in [-0.25, -0.2) is 0 Å². The molecular weight excluding hydrogens is 382 g/mol. The van der Waals surface area contributed by atoms with Crippen LogP contribution in [0.15, 0.2) is 46.5 Å². The summed E-state index contributed by atoms with van der Waals surface area (Å²) < 4.78 is 11.0. The molecule has 9 heteroatoms. The molecule has 2 unspecified atom stereocenters. The van der Waals surface area contributed by atoms with E-state index in [4.69, 9.17) is 14.7 Å². The minimum Gasteiger partial charge on any atom is -0.490 e. The number of thioether (sulfide) groups is 1. The van der Waals surface area contributed by atoms with Crippen LogP contribution < -0.4 is 5.32 Å². The van der Waals surface area contributed by atoms with E-state index in [1.54, 1.807) is 26.0 Å². The molecule has 0 spiro atoms. The van der Waals surface area contributed by atoms with Gasteiger partial charge in [-0.2, -0.15) is 0 Å². The van der Waals surface area contributed by atoms with Gasteiger partial charge in [-0.15, -0.1) is 11.8 Å². The highest BCUT2D eigenvalue weighted by molar-refractivity contribution is 8.16. The smallest absolute Gasteiger partial charge is 0.249 e. The Kier molecular flexibility index (Phi) is 7.70. The molecule has 0 aliphatic carbocycles. The van der Waals surface area contributed by atoms with Crippen molar-refractivity contribution in [3.63, 3.8) is 0 Å². The van der Waals surface area contributed by atoms with Gasteiger partial charge in [0, 0.05) is 17.9 Å². The highest BCUT2D eigenvalue weighted by atomic mass is 32.2. The fourth-order valence-corrected chi connectivity index (χ4v) is 3.82. The van der Waals surface area contributed by atoms with Crippen LogP contribution in [0, 0.1) is 0 Å². The molecule has 8 nitrogen and oxygen atoms in total. The number of aliphatic hydroxyl groups is 1. The number of amides is 1. The molecule has 2 aliphatic heterocycles.